The van der Waals surface area contributed by atoms with Crippen LogP contribution in [0.3, 0.4) is 0 Å². The summed E-state index contributed by atoms with van der Waals surface area (Å²) < 4.78 is 13.7. The van der Waals surface area contributed by atoms with E-state index < -0.39 is 5.82 Å². The van der Waals surface area contributed by atoms with Crippen molar-refractivity contribution in [3.8, 4) is 0 Å². The van der Waals surface area contributed by atoms with E-state index in [2.05, 4.69) is 39.4 Å². The second-order valence-corrected chi connectivity index (χ2v) is 7.31. The molecule has 1 saturated heterocycles. The van der Waals surface area contributed by atoms with E-state index in [1.807, 2.05) is 18.2 Å². The predicted octanol–water partition coefficient (Wildman–Crippen LogP) is 4.14. The summed E-state index contributed by atoms with van der Waals surface area (Å²) in [5.74, 6) is -0.701. The van der Waals surface area contributed by atoms with Gasteiger partial charge in [0.1, 0.15) is 5.82 Å². The van der Waals surface area contributed by atoms with Gasteiger partial charge in [0, 0.05) is 50.7 Å². The first-order valence-corrected chi connectivity index (χ1v) is 9.89. The van der Waals surface area contributed by atoms with Gasteiger partial charge >= 0.3 is 0 Å². The first kappa shape index (κ1) is 20.5. The Morgan fingerprint density at radius 3 is 2.50 bits per heavy atom. The molecule has 1 aliphatic heterocycles. The van der Waals surface area contributed by atoms with Crippen LogP contribution in [0.25, 0.3) is 6.08 Å². The molecule has 3 rings (SSSR count). The van der Waals surface area contributed by atoms with E-state index in [1.54, 1.807) is 6.07 Å². The molecular weight excluding hydrogens is 377 g/mol. The average Bonchev–Trinajstić information content (AvgIpc) is 2.70. The van der Waals surface area contributed by atoms with Gasteiger partial charge in [0.05, 0.1) is 5.69 Å². The molecular formula is C22H25ClFN3O. The van der Waals surface area contributed by atoms with E-state index in [1.165, 1.54) is 17.7 Å². The van der Waals surface area contributed by atoms with Crippen LogP contribution >= 0.6 is 11.6 Å². The summed E-state index contributed by atoms with van der Waals surface area (Å²) in [5, 5.41) is 2.92. The van der Waals surface area contributed by atoms with Crippen molar-refractivity contribution in [2.45, 2.75) is 6.42 Å². The van der Waals surface area contributed by atoms with Gasteiger partial charge in [-0.25, -0.2) is 4.39 Å². The van der Waals surface area contributed by atoms with Crippen LogP contribution in [0, 0.1) is 5.82 Å². The zero-order valence-electron chi connectivity index (χ0n) is 15.8. The van der Waals surface area contributed by atoms with Crippen LogP contribution < -0.4 is 5.32 Å². The minimum atomic E-state index is -0.516. The van der Waals surface area contributed by atoms with E-state index >= 15 is 0 Å². The number of hydrogen-bond acceptors (Lipinski definition) is 3. The molecule has 0 atom stereocenters. The summed E-state index contributed by atoms with van der Waals surface area (Å²) in [4.78, 5) is 16.8. The molecule has 0 unspecified atom stereocenters. The highest BCUT2D eigenvalue weighted by molar-refractivity contribution is 6.30. The molecule has 2 aromatic carbocycles. The van der Waals surface area contributed by atoms with E-state index in [9.17, 15) is 9.18 Å². The number of hydrogen-bond donors (Lipinski definition) is 1. The second kappa shape index (κ2) is 10.4. The second-order valence-electron chi connectivity index (χ2n) is 6.88. The van der Waals surface area contributed by atoms with Gasteiger partial charge in [-0.15, -0.1) is 0 Å². The smallest absolute Gasteiger partial charge is 0.225 e. The van der Waals surface area contributed by atoms with Gasteiger partial charge < -0.3 is 10.2 Å². The number of benzene rings is 2. The van der Waals surface area contributed by atoms with Crippen LogP contribution in [0.4, 0.5) is 10.1 Å². The normalized spacial score (nSPS) is 15.8. The molecule has 28 heavy (non-hydrogen) atoms. The van der Waals surface area contributed by atoms with Crippen LogP contribution in [0.5, 0.6) is 0 Å². The van der Waals surface area contributed by atoms with Crippen LogP contribution in [0.1, 0.15) is 12.0 Å². The Hall–Kier alpha value is -2.21. The number of piperazine rings is 1. The number of halogens is 2. The summed E-state index contributed by atoms with van der Waals surface area (Å²) in [6.07, 6.45) is 4.68. The lowest BCUT2D eigenvalue weighted by atomic mass is 10.2. The maximum Gasteiger partial charge on any atom is 0.225 e. The zero-order valence-corrected chi connectivity index (χ0v) is 16.5. The van der Waals surface area contributed by atoms with E-state index in [0.717, 1.165) is 32.7 Å². The van der Waals surface area contributed by atoms with Crippen LogP contribution in [-0.4, -0.2) is 55.0 Å². The molecule has 1 aliphatic rings. The Morgan fingerprint density at radius 2 is 1.79 bits per heavy atom. The molecule has 1 heterocycles. The van der Waals surface area contributed by atoms with Crippen molar-refractivity contribution in [3.63, 3.8) is 0 Å². The van der Waals surface area contributed by atoms with Crippen molar-refractivity contribution in [2.75, 3.05) is 44.6 Å². The number of nitrogens with one attached hydrogen (secondary N) is 1. The lowest BCUT2D eigenvalue weighted by Gasteiger charge is -2.34. The average molecular weight is 402 g/mol. The molecule has 0 radical (unpaired) electrons. The number of carbonyl (C=O) groups excluding carboxylic acids is 1. The van der Waals surface area contributed by atoms with E-state index in [4.69, 9.17) is 11.6 Å². The van der Waals surface area contributed by atoms with Crippen molar-refractivity contribution in [2.24, 2.45) is 0 Å². The number of amides is 1. The minimum Gasteiger partial charge on any atom is -0.324 e. The van der Waals surface area contributed by atoms with Crippen LogP contribution in [-0.2, 0) is 4.79 Å². The lowest BCUT2D eigenvalue weighted by molar-refractivity contribution is -0.116. The molecule has 0 bridgehead atoms. The van der Waals surface area contributed by atoms with E-state index in [0.29, 0.717) is 18.0 Å². The fourth-order valence-electron chi connectivity index (χ4n) is 3.16. The summed E-state index contributed by atoms with van der Waals surface area (Å²) in [7, 11) is 0. The third kappa shape index (κ3) is 6.44. The fraction of sp³-hybridized carbons (Fsp3) is 0.318. The highest BCUT2D eigenvalue weighted by Crippen LogP contribution is 2.19. The van der Waals surface area contributed by atoms with Gasteiger partial charge in [-0.05, 0) is 23.8 Å². The fourth-order valence-corrected chi connectivity index (χ4v) is 3.32. The molecule has 0 aromatic heterocycles. The Morgan fingerprint density at radius 1 is 1.07 bits per heavy atom. The van der Waals surface area contributed by atoms with Crippen molar-refractivity contribution in [1.29, 1.82) is 0 Å². The standard InChI is InChI=1S/C22H25ClFN3O/c23-19-8-9-21(20(24)17-19)25-22(28)10-12-27-15-13-26(14-16-27)11-4-7-18-5-2-1-3-6-18/h1-9,17H,10-16H2,(H,25,28)/b7-4+. The van der Waals surface area contributed by atoms with Crippen molar-refractivity contribution < 1.29 is 9.18 Å². The van der Waals surface area contributed by atoms with Gasteiger partial charge in [-0.1, -0.05) is 54.1 Å². The van der Waals surface area contributed by atoms with Gasteiger partial charge in [-0.3, -0.25) is 9.69 Å². The molecule has 148 valence electrons. The van der Waals surface area contributed by atoms with Gasteiger partial charge in [-0.2, -0.15) is 0 Å². The predicted molar refractivity (Wildman–Crippen MR) is 113 cm³/mol. The number of nitrogens with zero attached hydrogens (tertiary/aromatic N) is 2. The quantitative estimate of drug-likeness (QED) is 0.757. The van der Waals surface area contributed by atoms with Crippen molar-refractivity contribution in [1.82, 2.24) is 9.80 Å². The van der Waals surface area contributed by atoms with Crippen molar-refractivity contribution in [3.05, 3.63) is 71.0 Å². The van der Waals surface area contributed by atoms with E-state index in [-0.39, 0.29) is 11.6 Å². The topological polar surface area (TPSA) is 35.6 Å². The van der Waals surface area contributed by atoms with Gasteiger partial charge in [0.2, 0.25) is 5.91 Å². The molecule has 0 aliphatic carbocycles. The Kier molecular flexibility index (Phi) is 7.60. The zero-order chi connectivity index (χ0) is 19.8. The molecule has 4 nitrogen and oxygen atoms in total. The largest absolute Gasteiger partial charge is 0.324 e. The summed E-state index contributed by atoms with van der Waals surface area (Å²) in [6, 6.07) is 14.5. The Balaban J connectivity index is 1.35. The lowest BCUT2D eigenvalue weighted by Crippen LogP contribution is -2.46. The highest BCUT2D eigenvalue weighted by atomic mass is 35.5. The molecule has 1 N–H and O–H groups in total. The molecule has 0 saturated carbocycles. The highest BCUT2D eigenvalue weighted by Gasteiger charge is 2.17. The number of carbonyl (C=O) groups is 1. The number of anilines is 1. The molecule has 2 aromatic rings. The minimum absolute atomic E-state index is 0.171. The molecule has 6 heteroatoms. The summed E-state index contributed by atoms with van der Waals surface area (Å²) in [5.41, 5.74) is 1.38. The summed E-state index contributed by atoms with van der Waals surface area (Å²) in [6.45, 7) is 5.43. The van der Waals surface area contributed by atoms with Crippen molar-refractivity contribution >= 4 is 29.3 Å². The monoisotopic (exact) mass is 401 g/mol. The maximum atomic E-state index is 13.7. The Labute approximate surface area is 170 Å². The molecule has 1 amide bonds. The third-order valence-electron chi connectivity index (χ3n) is 4.80. The van der Waals surface area contributed by atoms with Crippen LogP contribution in [0.15, 0.2) is 54.6 Å². The number of rotatable bonds is 7. The van der Waals surface area contributed by atoms with Gasteiger partial charge in [0.25, 0.3) is 0 Å². The first-order valence-electron chi connectivity index (χ1n) is 9.51. The SMILES string of the molecule is O=C(CCN1CCN(C/C=C/c2ccccc2)CC1)Nc1ccc(Cl)cc1F. The maximum absolute atomic E-state index is 13.7. The Bertz CT molecular complexity index is 805. The summed E-state index contributed by atoms with van der Waals surface area (Å²) >= 11 is 5.72. The molecule has 1 fully saturated rings. The third-order valence-corrected chi connectivity index (χ3v) is 5.03. The van der Waals surface area contributed by atoms with Gasteiger partial charge in [0.15, 0.2) is 0 Å². The van der Waals surface area contributed by atoms with Crippen LogP contribution in [0.2, 0.25) is 5.02 Å². The first-order chi connectivity index (χ1) is 13.6. The molecule has 0 spiro atoms.